The van der Waals surface area contributed by atoms with E-state index in [1.165, 1.54) is 0 Å². The first-order valence-electron chi connectivity index (χ1n) is 4.61. The molecule has 3 nitrogen and oxygen atoms in total. The van der Waals surface area contributed by atoms with Crippen LogP contribution in [0.25, 0.3) is 11.1 Å². The maximum Gasteiger partial charge on any atom is 0.115 e. The Hall–Kier alpha value is -2.16. The molecule has 0 heterocycles. The number of benzene rings is 2. The van der Waals surface area contributed by atoms with Gasteiger partial charge in [0.15, 0.2) is 0 Å². The van der Waals surface area contributed by atoms with E-state index in [1.807, 2.05) is 18.2 Å². The lowest BCUT2D eigenvalue weighted by molar-refractivity contribution is 0.475. The van der Waals surface area contributed by atoms with E-state index >= 15 is 0 Å². The van der Waals surface area contributed by atoms with E-state index in [0.29, 0.717) is 11.4 Å². The van der Waals surface area contributed by atoms with Crippen molar-refractivity contribution in [3.05, 3.63) is 42.5 Å². The molecular weight excluding hydrogens is 188 g/mol. The summed E-state index contributed by atoms with van der Waals surface area (Å²) < 4.78 is 0. The first-order valence-corrected chi connectivity index (χ1v) is 4.61. The Morgan fingerprint density at radius 1 is 0.867 bits per heavy atom. The normalized spacial score (nSPS) is 10.1. The van der Waals surface area contributed by atoms with Crippen LogP contribution in [0.4, 0.5) is 11.4 Å². The van der Waals surface area contributed by atoms with Gasteiger partial charge in [-0.1, -0.05) is 18.2 Å². The van der Waals surface area contributed by atoms with E-state index in [2.05, 4.69) is 0 Å². The van der Waals surface area contributed by atoms with Crippen molar-refractivity contribution in [2.75, 3.05) is 11.5 Å². The number of rotatable bonds is 1. The number of aromatic hydroxyl groups is 1. The van der Waals surface area contributed by atoms with Gasteiger partial charge in [-0.05, 0) is 29.8 Å². The van der Waals surface area contributed by atoms with E-state index in [4.69, 9.17) is 16.6 Å². The van der Waals surface area contributed by atoms with Crippen molar-refractivity contribution in [2.24, 2.45) is 0 Å². The molecule has 0 aliphatic carbocycles. The van der Waals surface area contributed by atoms with Crippen molar-refractivity contribution in [3.63, 3.8) is 0 Å². The van der Waals surface area contributed by atoms with Crippen LogP contribution in [-0.2, 0) is 0 Å². The number of nitrogens with two attached hydrogens (primary N) is 2. The van der Waals surface area contributed by atoms with Gasteiger partial charge in [0.25, 0.3) is 0 Å². The lowest BCUT2D eigenvalue weighted by Gasteiger charge is -2.06. The minimum atomic E-state index is 0.243. The van der Waals surface area contributed by atoms with Crippen LogP contribution >= 0.6 is 0 Å². The summed E-state index contributed by atoms with van der Waals surface area (Å²) in [6.45, 7) is 0. The van der Waals surface area contributed by atoms with Gasteiger partial charge in [-0.2, -0.15) is 0 Å². The van der Waals surface area contributed by atoms with Gasteiger partial charge in [0, 0.05) is 16.9 Å². The maximum atomic E-state index is 9.17. The van der Waals surface area contributed by atoms with Crippen LogP contribution in [0.15, 0.2) is 42.5 Å². The molecule has 0 saturated carbocycles. The lowest BCUT2D eigenvalue weighted by atomic mass is 10.0. The van der Waals surface area contributed by atoms with Gasteiger partial charge >= 0.3 is 0 Å². The second kappa shape index (κ2) is 3.53. The summed E-state index contributed by atoms with van der Waals surface area (Å²) in [5.41, 5.74) is 14.6. The van der Waals surface area contributed by atoms with Crippen LogP contribution in [0.3, 0.4) is 0 Å². The minimum Gasteiger partial charge on any atom is -0.508 e. The Morgan fingerprint density at radius 3 is 2.13 bits per heavy atom. The first kappa shape index (κ1) is 9.40. The van der Waals surface area contributed by atoms with E-state index in [-0.39, 0.29) is 5.75 Å². The highest BCUT2D eigenvalue weighted by molar-refractivity contribution is 5.78. The molecular formula is C12H12N2O. The predicted octanol–water partition coefficient (Wildman–Crippen LogP) is 2.22. The van der Waals surface area contributed by atoms with Gasteiger partial charge in [-0.15, -0.1) is 0 Å². The van der Waals surface area contributed by atoms with Crippen LogP contribution in [0.2, 0.25) is 0 Å². The van der Waals surface area contributed by atoms with Crippen molar-refractivity contribution in [3.8, 4) is 16.9 Å². The molecule has 0 amide bonds. The summed E-state index contributed by atoms with van der Waals surface area (Å²) in [6, 6.07) is 12.3. The number of phenolic OH excluding ortho intramolecular Hbond substituents is 1. The van der Waals surface area contributed by atoms with E-state index < -0.39 is 0 Å². The van der Waals surface area contributed by atoms with Crippen molar-refractivity contribution in [2.45, 2.75) is 0 Å². The van der Waals surface area contributed by atoms with Gasteiger partial charge in [-0.25, -0.2) is 0 Å². The molecule has 0 saturated heterocycles. The number of hydrogen-bond donors (Lipinski definition) is 3. The summed E-state index contributed by atoms with van der Waals surface area (Å²) in [6.07, 6.45) is 0. The van der Waals surface area contributed by atoms with Gasteiger partial charge in [0.1, 0.15) is 5.75 Å². The molecule has 0 atom stereocenters. The van der Waals surface area contributed by atoms with Crippen molar-refractivity contribution in [1.29, 1.82) is 0 Å². The Morgan fingerprint density at radius 2 is 1.53 bits per heavy atom. The molecule has 0 bridgehead atoms. The van der Waals surface area contributed by atoms with Gasteiger partial charge in [0.05, 0.1) is 0 Å². The third-order valence-electron chi connectivity index (χ3n) is 2.25. The molecule has 15 heavy (non-hydrogen) atoms. The highest BCUT2D eigenvalue weighted by atomic mass is 16.3. The fourth-order valence-electron chi connectivity index (χ4n) is 1.49. The molecule has 2 aromatic rings. The van der Waals surface area contributed by atoms with Gasteiger partial charge in [0.2, 0.25) is 0 Å². The zero-order valence-corrected chi connectivity index (χ0v) is 8.14. The lowest BCUT2D eigenvalue weighted by Crippen LogP contribution is -1.92. The Bertz CT molecular complexity index is 477. The average Bonchev–Trinajstić information content (AvgIpc) is 2.20. The molecule has 2 aromatic carbocycles. The number of hydrogen-bond acceptors (Lipinski definition) is 3. The van der Waals surface area contributed by atoms with E-state index in [9.17, 15) is 0 Å². The van der Waals surface area contributed by atoms with Crippen molar-refractivity contribution >= 4 is 11.4 Å². The minimum absolute atomic E-state index is 0.243. The zero-order chi connectivity index (χ0) is 10.8. The van der Waals surface area contributed by atoms with E-state index in [0.717, 1.165) is 11.1 Å². The second-order valence-corrected chi connectivity index (χ2v) is 3.39. The fourth-order valence-corrected chi connectivity index (χ4v) is 1.49. The van der Waals surface area contributed by atoms with Crippen molar-refractivity contribution in [1.82, 2.24) is 0 Å². The maximum absolute atomic E-state index is 9.17. The molecule has 2 rings (SSSR count). The summed E-state index contributed by atoms with van der Waals surface area (Å²) in [4.78, 5) is 0. The smallest absolute Gasteiger partial charge is 0.115 e. The molecule has 0 aliphatic rings. The summed E-state index contributed by atoms with van der Waals surface area (Å²) in [5.74, 6) is 0.243. The molecule has 0 aliphatic heterocycles. The molecule has 3 heteroatoms. The Balaban J connectivity index is 2.49. The topological polar surface area (TPSA) is 72.3 Å². The van der Waals surface area contributed by atoms with Crippen LogP contribution in [-0.4, -0.2) is 5.11 Å². The van der Waals surface area contributed by atoms with Crippen LogP contribution in [0.5, 0.6) is 5.75 Å². The fraction of sp³-hybridized carbons (Fsp3) is 0. The second-order valence-electron chi connectivity index (χ2n) is 3.39. The Labute approximate surface area is 88.0 Å². The molecule has 0 radical (unpaired) electrons. The third-order valence-corrected chi connectivity index (χ3v) is 2.25. The number of nitrogen functional groups attached to an aromatic ring is 2. The summed E-state index contributed by atoms with van der Waals surface area (Å²) >= 11 is 0. The Kier molecular flexibility index (Phi) is 2.21. The number of anilines is 2. The quantitative estimate of drug-likeness (QED) is 0.618. The zero-order valence-electron chi connectivity index (χ0n) is 8.14. The van der Waals surface area contributed by atoms with E-state index in [1.54, 1.807) is 24.3 Å². The SMILES string of the molecule is Nc1ccc(-c2ccc(O)cc2)c(N)c1. The monoisotopic (exact) mass is 200 g/mol. The van der Waals surface area contributed by atoms with Crippen LogP contribution in [0, 0.1) is 0 Å². The van der Waals surface area contributed by atoms with Gasteiger partial charge in [-0.3, -0.25) is 0 Å². The molecule has 5 N–H and O–H groups in total. The van der Waals surface area contributed by atoms with Crippen LogP contribution in [0.1, 0.15) is 0 Å². The predicted molar refractivity (Wildman–Crippen MR) is 62.4 cm³/mol. The standard InChI is InChI=1S/C12H12N2O/c13-9-3-6-11(12(14)7-9)8-1-4-10(15)5-2-8/h1-7,15H,13-14H2. The molecule has 0 aromatic heterocycles. The largest absolute Gasteiger partial charge is 0.508 e. The van der Waals surface area contributed by atoms with Crippen molar-refractivity contribution < 1.29 is 5.11 Å². The number of phenols is 1. The highest BCUT2D eigenvalue weighted by Gasteiger charge is 2.02. The molecule has 0 fully saturated rings. The highest BCUT2D eigenvalue weighted by Crippen LogP contribution is 2.28. The third kappa shape index (κ3) is 1.86. The molecule has 0 spiro atoms. The summed E-state index contributed by atoms with van der Waals surface area (Å²) in [5, 5.41) is 9.17. The average molecular weight is 200 g/mol. The first-order chi connectivity index (χ1) is 7.16. The summed E-state index contributed by atoms with van der Waals surface area (Å²) in [7, 11) is 0. The van der Waals surface area contributed by atoms with Gasteiger partial charge < -0.3 is 16.6 Å². The molecule has 76 valence electrons. The van der Waals surface area contributed by atoms with Crippen LogP contribution < -0.4 is 11.5 Å². The molecule has 0 unspecified atom stereocenters.